The van der Waals surface area contributed by atoms with Gasteiger partial charge in [0.05, 0.1) is 36.5 Å². The maximum atomic E-state index is 12.3. The topological polar surface area (TPSA) is 99.8 Å². The van der Waals surface area contributed by atoms with Gasteiger partial charge in [0, 0.05) is 7.05 Å². The molecule has 3 aromatic rings. The lowest BCUT2D eigenvalue weighted by Crippen LogP contribution is -2.16. The summed E-state index contributed by atoms with van der Waals surface area (Å²) in [5.41, 5.74) is 3.49. The summed E-state index contributed by atoms with van der Waals surface area (Å²) in [7, 11) is 3.48. The summed E-state index contributed by atoms with van der Waals surface area (Å²) in [6, 6.07) is 7.68. The summed E-state index contributed by atoms with van der Waals surface area (Å²) in [5, 5.41) is 19.5. The molecule has 0 aliphatic carbocycles. The largest absolute Gasteiger partial charge is 0.497 e. The van der Waals surface area contributed by atoms with Gasteiger partial charge in [-0.25, -0.2) is 4.68 Å². The third-order valence-corrected chi connectivity index (χ3v) is 5.05. The third-order valence-electron chi connectivity index (χ3n) is 4.10. The molecule has 142 valence electrons. The van der Waals surface area contributed by atoms with Crippen molar-refractivity contribution < 1.29 is 9.53 Å². The monoisotopic (exact) mass is 387 g/mol. The molecular formula is C17H21N7O2S. The molecule has 0 atom stereocenters. The number of tetrazole rings is 1. The predicted octanol–water partition coefficient (Wildman–Crippen LogP) is 1.81. The number of carbonyl (C=O) groups excluding carboxylic acids is 1. The standard InChI is InChI=1S/C17H21N7O2S/c1-11-16(12(2)23(3)20-11)18-15(25)10-27-17-19-21-22-24(17)9-13-5-7-14(26-4)8-6-13/h5-8H,9-10H2,1-4H3,(H,18,25). The molecule has 1 aromatic carbocycles. The zero-order valence-electron chi connectivity index (χ0n) is 15.6. The lowest BCUT2D eigenvalue weighted by molar-refractivity contribution is -0.113. The molecule has 0 saturated heterocycles. The van der Waals surface area contributed by atoms with Crippen LogP contribution >= 0.6 is 11.8 Å². The average molecular weight is 387 g/mol. The Balaban J connectivity index is 1.60. The number of anilines is 1. The summed E-state index contributed by atoms with van der Waals surface area (Å²) >= 11 is 1.29. The molecule has 10 heteroatoms. The van der Waals surface area contributed by atoms with Gasteiger partial charge in [-0.2, -0.15) is 5.10 Å². The molecule has 0 radical (unpaired) electrons. The third kappa shape index (κ3) is 4.45. The van der Waals surface area contributed by atoms with Crippen LogP contribution in [0.5, 0.6) is 5.75 Å². The molecule has 27 heavy (non-hydrogen) atoms. The Kier molecular flexibility index (Phi) is 5.75. The fourth-order valence-electron chi connectivity index (χ4n) is 2.56. The van der Waals surface area contributed by atoms with Crippen LogP contribution in [0, 0.1) is 13.8 Å². The number of aryl methyl sites for hydroxylation is 2. The molecule has 2 heterocycles. The van der Waals surface area contributed by atoms with E-state index in [1.807, 2.05) is 45.2 Å². The maximum absolute atomic E-state index is 12.3. The highest BCUT2D eigenvalue weighted by molar-refractivity contribution is 7.99. The Hall–Kier alpha value is -2.88. The molecule has 0 bridgehead atoms. The zero-order valence-corrected chi connectivity index (χ0v) is 16.4. The van der Waals surface area contributed by atoms with Crippen LogP contribution in [0.1, 0.15) is 17.0 Å². The predicted molar refractivity (Wildman–Crippen MR) is 102 cm³/mol. The van der Waals surface area contributed by atoms with Crippen LogP contribution in [0.3, 0.4) is 0 Å². The van der Waals surface area contributed by atoms with Crippen LogP contribution in [0.15, 0.2) is 29.4 Å². The number of ether oxygens (including phenoxy) is 1. The Morgan fingerprint density at radius 3 is 2.63 bits per heavy atom. The van der Waals surface area contributed by atoms with E-state index in [1.165, 1.54) is 11.8 Å². The highest BCUT2D eigenvalue weighted by atomic mass is 32.2. The minimum atomic E-state index is -0.127. The van der Waals surface area contributed by atoms with Crippen molar-refractivity contribution in [2.24, 2.45) is 7.05 Å². The van der Waals surface area contributed by atoms with E-state index in [0.717, 1.165) is 28.4 Å². The van der Waals surface area contributed by atoms with Crippen molar-refractivity contribution in [3.05, 3.63) is 41.2 Å². The second kappa shape index (κ2) is 8.21. The Morgan fingerprint density at radius 2 is 2.00 bits per heavy atom. The van der Waals surface area contributed by atoms with Crippen LogP contribution in [-0.2, 0) is 18.4 Å². The number of methoxy groups -OCH3 is 1. The first-order chi connectivity index (χ1) is 13.0. The van der Waals surface area contributed by atoms with Crippen molar-refractivity contribution >= 4 is 23.4 Å². The zero-order chi connectivity index (χ0) is 19.4. The van der Waals surface area contributed by atoms with Crippen molar-refractivity contribution in [3.63, 3.8) is 0 Å². The number of carbonyl (C=O) groups is 1. The van der Waals surface area contributed by atoms with Crippen LogP contribution in [0.4, 0.5) is 5.69 Å². The Morgan fingerprint density at radius 1 is 1.26 bits per heavy atom. The number of nitrogens with zero attached hydrogens (tertiary/aromatic N) is 6. The van der Waals surface area contributed by atoms with Gasteiger partial charge in [0.2, 0.25) is 11.1 Å². The summed E-state index contributed by atoms with van der Waals surface area (Å²) in [4.78, 5) is 12.3. The van der Waals surface area contributed by atoms with E-state index in [1.54, 1.807) is 16.5 Å². The van der Waals surface area contributed by atoms with Gasteiger partial charge in [-0.1, -0.05) is 23.9 Å². The van der Waals surface area contributed by atoms with E-state index in [2.05, 4.69) is 25.9 Å². The Labute approximate surface area is 161 Å². The maximum Gasteiger partial charge on any atom is 0.234 e. The first-order valence-electron chi connectivity index (χ1n) is 8.30. The minimum Gasteiger partial charge on any atom is -0.497 e. The first kappa shape index (κ1) is 18.9. The van der Waals surface area contributed by atoms with Gasteiger partial charge in [0.1, 0.15) is 5.75 Å². The van der Waals surface area contributed by atoms with Crippen LogP contribution in [0.2, 0.25) is 0 Å². The highest BCUT2D eigenvalue weighted by Gasteiger charge is 2.15. The number of nitrogens with one attached hydrogen (secondary N) is 1. The van der Waals surface area contributed by atoms with Gasteiger partial charge in [-0.05, 0) is 42.0 Å². The molecule has 0 aliphatic rings. The lowest BCUT2D eigenvalue weighted by atomic mass is 10.2. The SMILES string of the molecule is COc1ccc(Cn2nnnc2SCC(=O)Nc2c(C)nn(C)c2C)cc1. The van der Waals surface area contributed by atoms with Crippen molar-refractivity contribution in [1.82, 2.24) is 30.0 Å². The van der Waals surface area contributed by atoms with Crippen LogP contribution in [-0.4, -0.2) is 48.8 Å². The van der Waals surface area contributed by atoms with E-state index < -0.39 is 0 Å². The number of thioether (sulfide) groups is 1. The molecule has 0 saturated carbocycles. The van der Waals surface area contributed by atoms with Crippen molar-refractivity contribution in [1.29, 1.82) is 0 Å². The minimum absolute atomic E-state index is 0.127. The quantitative estimate of drug-likeness (QED) is 0.617. The summed E-state index contributed by atoms with van der Waals surface area (Å²) in [6.07, 6.45) is 0. The molecule has 0 spiro atoms. The highest BCUT2D eigenvalue weighted by Crippen LogP contribution is 2.20. The first-order valence-corrected chi connectivity index (χ1v) is 9.28. The number of benzene rings is 1. The molecule has 1 amide bonds. The fourth-order valence-corrected chi connectivity index (χ4v) is 3.24. The summed E-state index contributed by atoms with van der Waals surface area (Å²) < 4.78 is 8.57. The van der Waals surface area contributed by atoms with Gasteiger partial charge in [-0.15, -0.1) is 5.10 Å². The number of rotatable bonds is 7. The van der Waals surface area contributed by atoms with Crippen LogP contribution < -0.4 is 10.1 Å². The molecule has 3 rings (SSSR count). The summed E-state index contributed by atoms with van der Waals surface area (Å²) in [5.74, 6) is 0.873. The summed E-state index contributed by atoms with van der Waals surface area (Å²) in [6.45, 7) is 4.30. The van der Waals surface area contributed by atoms with Crippen molar-refractivity contribution in [3.8, 4) is 5.75 Å². The molecule has 0 unspecified atom stereocenters. The van der Waals surface area contributed by atoms with E-state index in [9.17, 15) is 4.79 Å². The van der Waals surface area contributed by atoms with Crippen LogP contribution in [0.25, 0.3) is 0 Å². The van der Waals surface area contributed by atoms with Gasteiger partial charge in [0.15, 0.2) is 0 Å². The molecule has 9 nitrogen and oxygen atoms in total. The number of amides is 1. The second-order valence-corrected chi connectivity index (χ2v) is 6.92. The number of hydrogen-bond donors (Lipinski definition) is 1. The van der Waals surface area contributed by atoms with Crippen molar-refractivity contribution in [2.45, 2.75) is 25.5 Å². The van der Waals surface area contributed by atoms with Gasteiger partial charge < -0.3 is 10.1 Å². The smallest absolute Gasteiger partial charge is 0.234 e. The van der Waals surface area contributed by atoms with Gasteiger partial charge >= 0.3 is 0 Å². The normalized spacial score (nSPS) is 10.8. The van der Waals surface area contributed by atoms with E-state index in [0.29, 0.717) is 11.7 Å². The molecule has 2 aromatic heterocycles. The number of hydrogen-bond acceptors (Lipinski definition) is 7. The van der Waals surface area contributed by atoms with E-state index in [-0.39, 0.29) is 11.7 Å². The van der Waals surface area contributed by atoms with Gasteiger partial charge in [0.25, 0.3) is 0 Å². The average Bonchev–Trinajstić information content (AvgIpc) is 3.20. The fraction of sp³-hybridized carbons (Fsp3) is 0.353. The number of aromatic nitrogens is 6. The second-order valence-electron chi connectivity index (χ2n) is 5.97. The van der Waals surface area contributed by atoms with Gasteiger partial charge in [-0.3, -0.25) is 9.48 Å². The van der Waals surface area contributed by atoms with Crippen molar-refractivity contribution in [2.75, 3.05) is 18.2 Å². The molecule has 0 aliphatic heterocycles. The van der Waals surface area contributed by atoms with E-state index >= 15 is 0 Å². The molecule has 1 N–H and O–H groups in total. The lowest BCUT2D eigenvalue weighted by Gasteiger charge is -2.07. The molecule has 0 fully saturated rings. The van der Waals surface area contributed by atoms with E-state index in [4.69, 9.17) is 4.74 Å². The Bertz CT molecular complexity index is 933. The molecular weight excluding hydrogens is 366 g/mol.